The summed E-state index contributed by atoms with van der Waals surface area (Å²) in [6.45, 7) is 2.16. The van der Waals surface area contributed by atoms with E-state index in [4.69, 9.17) is 4.74 Å². The molecule has 1 aromatic carbocycles. The quantitative estimate of drug-likeness (QED) is 0.527. The normalized spacial score (nSPS) is 10.0. The zero-order valence-electron chi connectivity index (χ0n) is 8.50. The Kier molecular flexibility index (Phi) is 4.87. The van der Waals surface area contributed by atoms with Crippen molar-refractivity contribution in [2.45, 2.75) is 17.8 Å². The smallest absolute Gasteiger partial charge is 0.310 e. The zero-order chi connectivity index (χ0) is 11.3. The van der Waals surface area contributed by atoms with Crippen molar-refractivity contribution in [3.05, 3.63) is 29.3 Å². The number of rotatable bonds is 4. The summed E-state index contributed by atoms with van der Waals surface area (Å²) in [5.74, 6) is -0.0229. The second-order valence-electron chi connectivity index (χ2n) is 3.08. The highest BCUT2D eigenvalue weighted by atomic mass is 127. The minimum Gasteiger partial charge on any atom is -0.508 e. The molecule has 0 aliphatic rings. The molecule has 0 fully saturated rings. The number of aromatic hydroxyl groups is 1. The maximum absolute atomic E-state index is 11.2. The maximum Gasteiger partial charge on any atom is 0.310 e. The molecule has 0 heterocycles. The third kappa shape index (κ3) is 3.70. The number of carbonyl (C=O) groups excluding carboxylic acids is 1. The van der Waals surface area contributed by atoms with Crippen LogP contribution in [0.25, 0.3) is 0 Å². The number of phenolic OH excluding ortho intramolecular Hbond substituents is 1. The molecular formula is C11H13IO3. The van der Waals surface area contributed by atoms with Crippen molar-refractivity contribution in [2.75, 3.05) is 6.61 Å². The topological polar surface area (TPSA) is 46.5 Å². The van der Waals surface area contributed by atoms with Gasteiger partial charge >= 0.3 is 5.97 Å². The fourth-order valence-electron chi connectivity index (χ4n) is 1.21. The Hall–Kier alpha value is -0.780. The molecule has 0 spiro atoms. The van der Waals surface area contributed by atoms with E-state index in [2.05, 4.69) is 22.6 Å². The van der Waals surface area contributed by atoms with E-state index >= 15 is 0 Å². The third-order valence-corrected chi connectivity index (χ3v) is 2.77. The molecule has 0 aliphatic heterocycles. The van der Waals surface area contributed by atoms with Crippen LogP contribution in [0.1, 0.15) is 18.1 Å². The van der Waals surface area contributed by atoms with Crippen LogP contribution in [0.3, 0.4) is 0 Å². The van der Waals surface area contributed by atoms with Crippen molar-refractivity contribution in [2.24, 2.45) is 0 Å². The Bertz CT molecular complexity index is 350. The van der Waals surface area contributed by atoms with Crippen molar-refractivity contribution in [3.8, 4) is 5.75 Å². The lowest BCUT2D eigenvalue weighted by atomic mass is 10.1. The highest BCUT2D eigenvalue weighted by molar-refractivity contribution is 14.1. The third-order valence-electron chi connectivity index (χ3n) is 1.95. The second kappa shape index (κ2) is 5.95. The first-order chi connectivity index (χ1) is 7.17. The molecule has 15 heavy (non-hydrogen) atoms. The lowest BCUT2D eigenvalue weighted by Gasteiger charge is -2.05. The van der Waals surface area contributed by atoms with Crippen molar-refractivity contribution in [1.29, 1.82) is 0 Å². The number of benzene rings is 1. The molecule has 0 radical (unpaired) electrons. The maximum atomic E-state index is 11.2. The molecule has 1 rings (SSSR count). The van der Waals surface area contributed by atoms with E-state index in [-0.39, 0.29) is 18.1 Å². The van der Waals surface area contributed by atoms with E-state index in [0.717, 1.165) is 15.6 Å². The van der Waals surface area contributed by atoms with E-state index in [1.165, 1.54) is 0 Å². The minimum atomic E-state index is -0.265. The van der Waals surface area contributed by atoms with Gasteiger partial charge in [-0.2, -0.15) is 0 Å². The van der Waals surface area contributed by atoms with Gasteiger partial charge in [-0.05, 0) is 18.6 Å². The van der Waals surface area contributed by atoms with Gasteiger partial charge in [0.25, 0.3) is 0 Å². The molecule has 0 aliphatic carbocycles. The van der Waals surface area contributed by atoms with Gasteiger partial charge in [0.2, 0.25) is 0 Å². The number of alkyl halides is 1. The summed E-state index contributed by atoms with van der Waals surface area (Å²) in [4.78, 5) is 11.2. The van der Waals surface area contributed by atoms with Crippen molar-refractivity contribution in [3.63, 3.8) is 0 Å². The summed E-state index contributed by atoms with van der Waals surface area (Å²) in [6, 6.07) is 5.28. The van der Waals surface area contributed by atoms with Crippen molar-refractivity contribution in [1.82, 2.24) is 0 Å². The Balaban J connectivity index is 2.71. The number of hydrogen-bond acceptors (Lipinski definition) is 3. The number of carbonyl (C=O) groups is 1. The lowest BCUT2D eigenvalue weighted by molar-refractivity contribution is -0.142. The average molecular weight is 320 g/mol. The second-order valence-corrected chi connectivity index (χ2v) is 3.84. The average Bonchev–Trinajstić information content (AvgIpc) is 2.18. The first-order valence-electron chi connectivity index (χ1n) is 4.69. The Morgan fingerprint density at radius 3 is 2.80 bits per heavy atom. The predicted octanol–water partition coefficient (Wildman–Crippen LogP) is 2.43. The molecule has 0 aromatic heterocycles. The number of ether oxygens (including phenoxy) is 1. The van der Waals surface area contributed by atoms with Crippen LogP contribution < -0.4 is 0 Å². The summed E-state index contributed by atoms with van der Waals surface area (Å²) in [5, 5.41) is 9.58. The van der Waals surface area contributed by atoms with Gasteiger partial charge in [0.1, 0.15) is 5.75 Å². The van der Waals surface area contributed by atoms with Crippen LogP contribution in [0.5, 0.6) is 5.75 Å². The molecular weight excluding hydrogens is 307 g/mol. The van der Waals surface area contributed by atoms with Gasteiger partial charge in [-0.3, -0.25) is 4.79 Å². The molecule has 0 amide bonds. The summed E-state index contributed by atoms with van der Waals surface area (Å²) in [6.07, 6.45) is 0.211. The van der Waals surface area contributed by atoms with Crippen LogP contribution in [-0.4, -0.2) is 17.7 Å². The van der Waals surface area contributed by atoms with Crippen molar-refractivity contribution >= 4 is 28.6 Å². The van der Waals surface area contributed by atoms with Gasteiger partial charge in [0.05, 0.1) is 13.0 Å². The van der Waals surface area contributed by atoms with Gasteiger partial charge in [-0.1, -0.05) is 34.7 Å². The van der Waals surface area contributed by atoms with Crippen LogP contribution >= 0.6 is 22.6 Å². The van der Waals surface area contributed by atoms with Crippen molar-refractivity contribution < 1.29 is 14.6 Å². The van der Waals surface area contributed by atoms with Crippen LogP contribution in [0, 0.1) is 0 Å². The van der Waals surface area contributed by atoms with E-state index in [1.54, 1.807) is 13.0 Å². The van der Waals surface area contributed by atoms with Crippen LogP contribution in [0.15, 0.2) is 18.2 Å². The van der Waals surface area contributed by atoms with Gasteiger partial charge in [-0.25, -0.2) is 0 Å². The lowest BCUT2D eigenvalue weighted by Crippen LogP contribution is -2.07. The molecule has 82 valence electrons. The minimum absolute atomic E-state index is 0.211. The van der Waals surface area contributed by atoms with Crippen LogP contribution in [-0.2, 0) is 20.4 Å². The largest absolute Gasteiger partial charge is 0.508 e. The van der Waals surface area contributed by atoms with Crippen LogP contribution in [0.4, 0.5) is 0 Å². The van der Waals surface area contributed by atoms with Gasteiger partial charge in [-0.15, -0.1) is 0 Å². The SMILES string of the molecule is CCOC(=O)Cc1ccc(CI)c(O)c1. The number of phenols is 1. The molecule has 1 aromatic rings. The molecule has 0 unspecified atom stereocenters. The van der Waals surface area contributed by atoms with E-state index in [9.17, 15) is 9.90 Å². The highest BCUT2D eigenvalue weighted by Gasteiger charge is 2.06. The first-order valence-corrected chi connectivity index (χ1v) is 6.22. The van der Waals surface area contributed by atoms with Gasteiger partial charge in [0, 0.05) is 9.99 Å². The fourth-order valence-corrected chi connectivity index (χ4v) is 1.86. The molecule has 0 saturated heterocycles. The van der Waals surface area contributed by atoms with Gasteiger partial charge in [0.15, 0.2) is 0 Å². The molecule has 0 saturated carbocycles. The molecule has 3 nitrogen and oxygen atoms in total. The monoisotopic (exact) mass is 320 g/mol. The summed E-state index contributed by atoms with van der Waals surface area (Å²) >= 11 is 2.18. The Morgan fingerprint density at radius 1 is 1.53 bits per heavy atom. The summed E-state index contributed by atoms with van der Waals surface area (Å²) < 4.78 is 5.57. The Labute approximate surface area is 103 Å². The summed E-state index contributed by atoms with van der Waals surface area (Å²) in [7, 11) is 0. The zero-order valence-corrected chi connectivity index (χ0v) is 10.7. The molecule has 4 heteroatoms. The molecule has 0 bridgehead atoms. The molecule has 0 atom stereocenters. The molecule has 1 N–H and O–H groups in total. The Morgan fingerprint density at radius 2 is 2.27 bits per heavy atom. The standard InChI is InChI=1S/C11H13IO3/c1-2-15-11(14)6-8-3-4-9(7-12)10(13)5-8/h3-5,13H,2,6-7H2,1H3. The predicted molar refractivity (Wildman–Crippen MR) is 66.2 cm³/mol. The van der Waals surface area contributed by atoms with E-state index in [0.29, 0.717) is 6.61 Å². The number of halogens is 1. The summed E-state index contributed by atoms with van der Waals surface area (Å²) in [5.41, 5.74) is 1.66. The van der Waals surface area contributed by atoms with E-state index < -0.39 is 0 Å². The highest BCUT2D eigenvalue weighted by Crippen LogP contribution is 2.21. The fraction of sp³-hybridized carbons (Fsp3) is 0.364. The number of esters is 1. The number of hydrogen-bond donors (Lipinski definition) is 1. The van der Waals surface area contributed by atoms with E-state index in [1.807, 2.05) is 12.1 Å². The van der Waals surface area contributed by atoms with Crippen LogP contribution in [0.2, 0.25) is 0 Å². The van der Waals surface area contributed by atoms with Gasteiger partial charge < -0.3 is 9.84 Å². The first kappa shape index (κ1) is 12.3.